The highest BCUT2D eigenvalue weighted by molar-refractivity contribution is 5.81. The number of amides is 1. The number of nitrogens with one attached hydrogen (secondary N) is 1. The lowest BCUT2D eigenvalue weighted by Gasteiger charge is -2.21. The van der Waals surface area contributed by atoms with Crippen LogP contribution in [0.4, 0.5) is 0 Å². The third-order valence-electron chi connectivity index (χ3n) is 3.79. The zero-order valence-electron chi connectivity index (χ0n) is 12.8. The number of carbonyl (C=O) groups is 2. The van der Waals surface area contributed by atoms with E-state index in [2.05, 4.69) is 19.2 Å². The van der Waals surface area contributed by atoms with E-state index in [1.54, 1.807) is 0 Å². The predicted molar refractivity (Wildman–Crippen MR) is 74.6 cm³/mol. The summed E-state index contributed by atoms with van der Waals surface area (Å²) < 4.78 is 5.18. The van der Waals surface area contributed by atoms with Gasteiger partial charge in [-0.25, -0.2) is 0 Å². The Morgan fingerprint density at radius 1 is 1.16 bits per heavy atom. The summed E-state index contributed by atoms with van der Waals surface area (Å²) in [7, 11) is 0. The standard InChI is InChI=1S/C15H27NO3/c1-10-6-7-12(11(10)2)16-13(17)8-9-14(18)19-15(3,4)5/h10-12H,6-9H2,1-5H3,(H,16,17). The summed E-state index contributed by atoms with van der Waals surface area (Å²) in [5.74, 6) is 0.828. The zero-order chi connectivity index (χ0) is 14.6. The Morgan fingerprint density at radius 3 is 2.26 bits per heavy atom. The maximum atomic E-state index is 11.8. The van der Waals surface area contributed by atoms with Crippen LogP contribution in [0.2, 0.25) is 0 Å². The molecular formula is C15H27NO3. The van der Waals surface area contributed by atoms with Crippen molar-refractivity contribution in [2.75, 3.05) is 0 Å². The zero-order valence-corrected chi connectivity index (χ0v) is 12.8. The van der Waals surface area contributed by atoms with Crippen LogP contribution >= 0.6 is 0 Å². The van der Waals surface area contributed by atoms with Crippen LogP contribution in [0.1, 0.15) is 60.3 Å². The molecule has 1 aliphatic rings. The Labute approximate surface area is 116 Å². The van der Waals surface area contributed by atoms with Gasteiger partial charge in [-0.2, -0.15) is 0 Å². The summed E-state index contributed by atoms with van der Waals surface area (Å²) in [5.41, 5.74) is -0.483. The lowest BCUT2D eigenvalue weighted by atomic mass is 9.98. The Morgan fingerprint density at radius 2 is 1.79 bits per heavy atom. The van der Waals surface area contributed by atoms with Crippen molar-refractivity contribution in [3.8, 4) is 0 Å². The molecule has 1 aliphatic carbocycles. The number of rotatable bonds is 4. The molecule has 1 saturated carbocycles. The van der Waals surface area contributed by atoms with E-state index >= 15 is 0 Å². The van der Waals surface area contributed by atoms with Gasteiger partial charge in [-0.1, -0.05) is 13.8 Å². The molecule has 0 spiro atoms. The second-order valence-electron chi connectivity index (χ2n) is 6.67. The summed E-state index contributed by atoms with van der Waals surface area (Å²) in [4.78, 5) is 23.3. The van der Waals surface area contributed by atoms with Crippen LogP contribution in [-0.4, -0.2) is 23.5 Å². The molecule has 1 amide bonds. The third-order valence-corrected chi connectivity index (χ3v) is 3.79. The molecule has 1 rings (SSSR count). The molecule has 1 N–H and O–H groups in total. The molecule has 3 unspecified atom stereocenters. The van der Waals surface area contributed by atoms with Crippen LogP contribution in [0, 0.1) is 11.8 Å². The minimum absolute atomic E-state index is 0.0446. The fraction of sp³-hybridized carbons (Fsp3) is 0.867. The van der Waals surface area contributed by atoms with E-state index < -0.39 is 5.60 Å². The fourth-order valence-electron chi connectivity index (χ4n) is 2.46. The van der Waals surface area contributed by atoms with Crippen molar-refractivity contribution in [3.05, 3.63) is 0 Å². The van der Waals surface area contributed by atoms with Gasteiger partial charge in [-0.15, -0.1) is 0 Å². The monoisotopic (exact) mass is 269 g/mol. The van der Waals surface area contributed by atoms with E-state index in [4.69, 9.17) is 4.74 Å². The van der Waals surface area contributed by atoms with E-state index in [9.17, 15) is 9.59 Å². The molecule has 3 atom stereocenters. The largest absolute Gasteiger partial charge is 0.460 e. The fourth-order valence-corrected chi connectivity index (χ4v) is 2.46. The number of hydrogen-bond donors (Lipinski definition) is 1. The summed E-state index contributed by atoms with van der Waals surface area (Å²) >= 11 is 0. The quantitative estimate of drug-likeness (QED) is 0.798. The molecule has 4 heteroatoms. The van der Waals surface area contributed by atoms with Crippen LogP contribution in [0.25, 0.3) is 0 Å². The van der Waals surface area contributed by atoms with E-state index in [0.29, 0.717) is 11.8 Å². The van der Waals surface area contributed by atoms with E-state index in [1.165, 1.54) is 0 Å². The second-order valence-corrected chi connectivity index (χ2v) is 6.67. The van der Waals surface area contributed by atoms with Gasteiger partial charge in [0.2, 0.25) is 5.91 Å². The van der Waals surface area contributed by atoms with Gasteiger partial charge in [0.15, 0.2) is 0 Å². The second kappa shape index (κ2) is 6.40. The van der Waals surface area contributed by atoms with Crippen molar-refractivity contribution in [1.82, 2.24) is 5.32 Å². The van der Waals surface area contributed by atoms with Crippen LogP contribution in [-0.2, 0) is 14.3 Å². The normalized spacial score (nSPS) is 27.1. The van der Waals surface area contributed by atoms with Gasteiger partial charge < -0.3 is 10.1 Å². The molecule has 0 aliphatic heterocycles. The van der Waals surface area contributed by atoms with Crippen molar-refractivity contribution in [2.45, 2.75) is 71.9 Å². The highest BCUT2D eigenvalue weighted by atomic mass is 16.6. The average Bonchev–Trinajstić information content (AvgIpc) is 2.56. The molecule has 0 radical (unpaired) electrons. The van der Waals surface area contributed by atoms with Gasteiger partial charge in [0.25, 0.3) is 0 Å². The van der Waals surface area contributed by atoms with Crippen LogP contribution in [0.5, 0.6) is 0 Å². The molecule has 110 valence electrons. The lowest BCUT2D eigenvalue weighted by molar-refractivity contribution is -0.155. The first-order chi connectivity index (χ1) is 8.69. The number of hydrogen-bond acceptors (Lipinski definition) is 3. The highest BCUT2D eigenvalue weighted by Crippen LogP contribution is 2.31. The van der Waals surface area contributed by atoms with Gasteiger partial charge in [-0.3, -0.25) is 9.59 Å². The number of carbonyl (C=O) groups excluding carboxylic acids is 2. The molecule has 4 nitrogen and oxygen atoms in total. The molecular weight excluding hydrogens is 242 g/mol. The third kappa shape index (κ3) is 5.62. The van der Waals surface area contributed by atoms with Gasteiger partial charge in [0, 0.05) is 12.5 Å². The summed E-state index contributed by atoms with van der Waals surface area (Å²) in [6.45, 7) is 9.87. The number of ether oxygens (including phenoxy) is 1. The summed E-state index contributed by atoms with van der Waals surface area (Å²) in [6.07, 6.45) is 2.57. The molecule has 0 bridgehead atoms. The molecule has 0 saturated heterocycles. The summed E-state index contributed by atoms with van der Waals surface area (Å²) in [5, 5.41) is 3.03. The molecule has 0 aromatic rings. The maximum Gasteiger partial charge on any atom is 0.306 e. The van der Waals surface area contributed by atoms with Gasteiger partial charge in [0.1, 0.15) is 5.60 Å². The minimum atomic E-state index is -0.483. The Bertz CT molecular complexity index is 333. The molecule has 0 aromatic heterocycles. The molecule has 1 fully saturated rings. The first-order valence-electron chi connectivity index (χ1n) is 7.20. The first kappa shape index (κ1) is 16.0. The molecule has 0 aromatic carbocycles. The first-order valence-corrected chi connectivity index (χ1v) is 7.20. The Hall–Kier alpha value is -1.06. The van der Waals surface area contributed by atoms with Crippen LogP contribution in [0.15, 0.2) is 0 Å². The number of esters is 1. The lowest BCUT2D eigenvalue weighted by Crippen LogP contribution is -2.37. The predicted octanol–water partition coefficient (Wildman–Crippen LogP) is 2.66. The minimum Gasteiger partial charge on any atom is -0.460 e. The van der Waals surface area contributed by atoms with E-state index in [-0.39, 0.29) is 30.8 Å². The van der Waals surface area contributed by atoms with E-state index in [1.807, 2.05) is 20.8 Å². The van der Waals surface area contributed by atoms with Crippen molar-refractivity contribution in [2.24, 2.45) is 11.8 Å². The molecule has 19 heavy (non-hydrogen) atoms. The Balaban J connectivity index is 2.27. The van der Waals surface area contributed by atoms with E-state index in [0.717, 1.165) is 12.8 Å². The van der Waals surface area contributed by atoms with Crippen molar-refractivity contribution in [1.29, 1.82) is 0 Å². The van der Waals surface area contributed by atoms with Crippen LogP contribution < -0.4 is 5.32 Å². The van der Waals surface area contributed by atoms with Gasteiger partial charge in [0.05, 0.1) is 6.42 Å². The highest BCUT2D eigenvalue weighted by Gasteiger charge is 2.30. The van der Waals surface area contributed by atoms with Gasteiger partial charge in [-0.05, 0) is 45.4 Å². The Kier molecular flexibility index (Phi) is 5.39. The van der Waals surface area contributed by atoms with Crippen molar-refractivity contribution >= 4 is 11.9 Å². The topological polar surface area (TPSA) is 55.4 Å². The van der Waals surface area contributed by atoms with Crippen LogP contribution in [0.3, 0.4) is 0 Å². The average molecular weight is 269 g/mol. The maximum absolute atomic E-state index is 11.8. The smallest absolute Gasteiger partial charge is 0.306 e. The van der Waals surface area contributed by atoms with Crippen molar-refractivity contribution in [3.63, 3.8) is 0 Å². The van der Waals surface area contributed by atoms with Gasteiger partial charge >= 0.3 is 5.97 Å². The van der Waals surface area contributed by atoms with Crippen molar-refractivity contribution < 1.29 is 14.3 Å². The summed E-state index contributed by atoms with van der Waals surface area (Å²) in [6, 6.07) is 0.265. The SMILES string of the molecule is CC1CCC(NC(=O)CCC(=O)OC(C)(C)C)C1C. The molecule has 0 heterocycles.